The van der Waals surface area contributed by atoms with E-state index in [0.717, 1.165) is 21.5 Å². The predicted octanol–water partition coefficient (Wildman–Crippen LogP) is 2.74. The lowest BCUT2D eigenvalue weighted by molar-refractivity contribution is 0.0955. The van der Waals surface area contributed by atoms with Gasteiger partial charge in [-0.3, -0.25) is 9.48 Å². The Morgan fingerprint density at radius 1 is 1.41 bits per heavy atom. The number of rotatable bonds is 3. The molecule has 1 amide bonds. The average Bonchev–Trinajstić information content (AvgIpc) is 3.08. The van der Waals surface area contributed by atoms with E-state index >= 15 is 0 Å². The molecule has 0 unspecified atom stereocenters. The molecule has 0 aliphatic rings. The summed E-state index contributed by atoms with van der Waals surface area (Å²) in [6, 6.07) is 11.1. The van der Waals surface area contributed by atoms with Gasteiger partial charge in [-0.1, -0.05) is 12.1 Å². The normalized spacial score (nSPS) is 10.6. The third-order valence-electron chi connectivity index (χ3n) is 3.46. The zero-order valence-electron chi connectivity index (χ0n) is 12.3. The molecule has 2 heterocycles. The van der Waals surface area contributed by atoms with Gasteiger partial charge in [0.25, 0.3) is 5.91 Å². The van der Waals surface area contributed by atoms with E-state index in [9.17, 15) is 4.79 Å². The van der Waals surface area contributed by atoms with Crippen molar-refractivity contribution in [2.45, 2.75) is 13.5 Å². The van der Waals surface area contributed by atoms with E-state index < -0.39 is 0 Å². The fourth-order valence-corrected chi connectivity index (χ4v) is 3.32. The van der Waals surface area contributed by atoms with Crippen LogP contribution in [0.4, 0.5) is 0 Å². The van der Waals surface area contributed by atoms with Crippen molar-refractivity contribution < 1.29 is 4.79 Å². The van der Waals surface area contributed by atoms with Crippen LogP contribution in [0, 0.1) is 18.3 Å². The van der Waals surface area contributed by atoms with Gasteiger partial charge in [0.15, 0.2) is 0 Å². The molecule has 1 N–H and O–H groups in total. The summed E-state index contributed by atoms with van der Waals surface area (Å²) in [5, 5.41) is 17.0. The molecule has 0 saturated heterocycles. The first-order chi connectivity index (χ1) is 10.6. The van der Waals surface area contributed by atoms with Crippen LogP contribution < -0.4 is 5.32 Å². The molecule has 0 saturated carbocycles. The van der Waals surface area contributed by atoms with Crippen molar-refractivity contribution in [1.82, 2.24) is 15.1 Å². The highest BCUT2D eigenvalue weighted by molar-refractivity contribution is 7.20. The number of hydrogen-bond donors (Lipinski definition) is 1. The van der Waals surface area contributed by atoms with Crippen molar-refractivity contribution in [3.63, 3.8) is 0 Å². The van der Waals surface area contributed by atoms with Gasteiger partial charge in [0, 0.05) is 19.0 Å². The van der Waals surface area contributed by atoms with Crippen LogP contribution >= 0.6 is 11.3 Å². The smallest absolute Gasteiger partial charge is 0.261 e. The number of carbonyl (C=O) groups excluding carboxylic acids is 1. The second-order valence-corrected chi connectivity index (χ2v) is 6.06. The SMILES string of the molecule is Cc1nn(C)c2sc(C(=O)NCc3ccc(C#N)cc3)cc12. The summed E-state index contributed by atoms with van der Waals surface area (Å²) in [7, 11) is 1.88. The van der Waals surface area contributed by atoms with E-state index in [0.29, 0.717) is 17.0 Å². The third-order valence-corrected chi connectivity index (χ3v) is 4.66. The summed E-state index contributed by atoms with van der Waals surface area (Å²) >= 11 is 1.44. The van der Waals surface area contributed by atoms with Crippen LogP contribution in [0.3, 0.4) is 0 Å². The number of thiophene rings is 1. The van der Waals surface area contributed by atoms with Gasteiger partial charge in [-0.05, 0) is 30.7 Å². The molecule has 0 bridgehead atoms. The first-order valence-electron chi connectivity index (χ1n) is 6.79. The third kappa shape index (κ3) is 2.59. The topological polar surface area (TPSA) is 70.7 Å². The number of hydrogen-bond acceptors (Lipinski definition) is 4. The van der Waals surface area contributed by atoms with Crippen molar-refractivity contribution in [1.29, 1.82) is 5.26 Å². The number of nitrogens with zero attached hydrogens (tertiary/aromatic N) is 3. The van der Waals surface area contributed by atoms with E-state index in [1.165, 1.54) is 11.3 Å². The quantitative estimate of drug-likeness (QED) is 0.808. The average molecular weight is 310 g/mol. The van der Waals surface area contributed by atoms with Crippen LogP contribution in [0.2, 0.25) is 0 Å². The Balaban J connectivity index is 1.72. The van der Waals surface area contributed by atoms with Gasteiger partial charge in [-0.25, -0.2) is 0 Å². The van der Waals surface area contributed by atoms with Gasteiger partial charge in [0.2, 0.25) is 0 Å². The molecule has 2 aromatic heterocycles. The fourth-order valence-electron chi connectivity index (χ4n) is 2.28. The molecule has 3 aromatic rings. The molecule has 5 nitrogen and oxygen atoms in total. The van der Waals surface area contributed by atoms with Gasteiger partial charge in [-0.15, -0.1) is 11.3 Å². The first-order valence-corrected chi connectivity index (χ1v) is 7.60. The fraction of sp³-hybridized carbons (Fsp3) is 0.188. The summed E-state index contributed by atoms with van der Waals surface area (Å²) in [6.45, 7) is 2.38. The van der Waals surface area contributed by atoms with Crippen LogP contribution in [-0.2, 0) is 13.6 Å². The molecule has 0 atom stereocenters. The number of carbonyl (C=O) groups is 1. The second kappa shape index (κ2) is 5.62. The molecule has 0 radical (unpaired) electrons. The maximum absolute atomic E-state index is 12.2. The van der Waals surface area contributed by atoms with Crippen molar-refractivity contribution in [2.24, 2.45) is 7.05 Å². The van der Waals surface area contributed by atoms with Gasteiger partial charge in [-0.2, -0.15) is 10.4 Å². The van der Waals surface area contributed by atoms with E-state index in [4.69, 9.17) is 5.26 Å². The van der Waals surface area contributed by atoms with E-state index in [-0.39, 0.29) is 5.91 Å². The summed E-state index contributed by atoms with van der Waals surface area (Å²) in [5.41, 5.74) is 2.51. The van der Waals surface area contributed by atoms with Crippen molar-refractivity contribution in [3.8, 4) is 6.07 Å². The standard InChI is InChI=1S/C16H14N4OS/c1-10-13-7-14(22-16(13)20(2)19-10)15(21)18-9-12-5-3-11(8-17)4-6-12/h3-7H,9H2,1-2H3,(H,18,21). The Bertz CT molecular complexity index is 849. The Kier molecular flexibility index (Phi) is 3.65. The van der Waals surface area contributed by atoms with Crippen LogP contribution in [0.5, 0.6) is 0 Å². The molecule has 22 heavy (non-hydrogen) atoms. The van der Waals surface area contributed by atoms with E-state index in [1.807, 2.05) is 32.2 Å². The molecule has 0 spiro atoms. The molecular weight excluding hydrogens is 296 g/mol. The zero-order chi connectivity index (χ0) is 15.7. The van der Waals surface area contributed by atoms with Gasteiger partial charge >= 0.3 is 0 Å². The highest BCUT2D eigenvalue weighted by Crippen LogP contribution is 2.27. The predicted molar refractivity (Wildman–Crippen MR) is 85.7 cm³/mol. The summed E-state index contributed by atoms with van der Waals surface area (Å²) in [4.78, 5) is 13.9. The van der Waals surface area contributed by atoms with Crippen LogP contribution in [0.25, 0.3) is 10.2 Å². The lowest BCUT2D eigenvalue weighted by atomic mass is 10.1. The van der Waals surface area contributed by atoms with Crippen molar-refractivity contribution >= 4 is 27.5 Å². The highest BCUT2D eigenvalue weighted by atomic mass is 32.1. The molecule has 1 aromatic carbocycles. The second-order valence-electron chi connectivity index (χ2n) is 5.03. The molecule has 6 heteroatoms. The minimum Gasteiger partial charge on any atom is -0.347 e. The van der Waals surface area contributed by atoms with Crippen LogP contribution in [0.1, 0.15) is 26.5 Å². The monoisotopic (exact) mass is 310 g/mol. The molecule has 0 aliphatic heterocycles. The minimum atomic E-state index is -0.0926. The summed E-state index contributed by atoms with van der Waals surface area (Å²) in [6.07, 6.45) is 0. The number of benzene rings is 1. The van der Waals surface area contributed by atoms with E-state index in [2.05, 4.69) is 16.5 Å². The highest BCUT2D eigenvalue weighted by Gasteiger charge is 2.14. The number of aryl methyl sites for hydroxylation is 2. The van der Waals surface area contributed by atoms with Gasteiger partial charge in [0.05, 0.1) is 22.2 Å². The van der Waals surface area contributed by atoms with Gasteiger partial charge in [0.1, 0.15) is 4.83 Å². The first kappa shape index (κ1) is 14.3. The Hall–Kier alpha value is -2.65. The molecular formula is C16H14N4OS. The van der Waals surface area contributed by atoms with Gasteiger partial charge < -0.3 is 5.32 Å². The maximum atomic E-state index is 12.2. The Morgan fingerprint density at radius 2 is 2.14 bits per heavy atom. The Morgan fingerprint density at radius 3 is 2.77 bits per heavy atom. The molecule has 3 rings (SSSR count). The van der Waals surface area contributed by atoms with Crippen LogP contribution in [0.15, 0.2) is 30.3 Å². The summed E-state index contributed by atoms with van der Waals surface area (Å²) < 4.78 is 1.80. The van der Waals surface area contributed by atoms with Crippen molar-refractivity contribution in [2.75, 3.05) is 0 Å². The van der Waals surface area contributed by atoms with E-state index in [1.54, 1.807) is 16.8 Å². The lowest BCUT2D eigenvalue weighted by Gasteiger charge is -2.03. The maximum Gasteiger partial charge on any atom is 0.261 e. The summed E-state index contributed by atoms with van der Waals surface area (Å²) in [5.74, 6) is -0.0926. The van der Waals surface area contributed by atoms with Crippen molar-refractivity contribution in [3.05, 3.63) is 52.0 Å². The lowest BCUT2D eigenvalue weighted by Crippen LogP contribution is -2.21. The Labute approximate surface area is 131 Å². The zero-order valence-corrected chi connectivity index (χ0v) is 13.1. The molecule has 0 aliphatic carbocycles. The molecule has 110 valence electrons. The number of fused-ring (bicyclic) bond motifs is 1. The molecule has 0 fully saturated rings. The number of aromatic nitrogens is 2. The largest absolute Gasteiger partial charge is 0.347 e. The minimum absolute atomic E-state index is 0.0926. The number of nitrogens with one attached hydrogen (secondary N) is 1. The number of nitriles is 1. The van der Waals surface area contributed by atoms with Crippen LogP contribution in [-0.4, -0.2) is 15.7 Å². The number of amides is 1.